The number of phenols is 1. The van der Waals surface area contributed by atoms with Gasteiger partial charge in [0.15, 0.2) is 28.8 Å². The number of phenolic OH excluding ortho intramolecular Hbond substituents is 1. The zero-order valence-electron chi connectivity index (χ0n) is 21.6. The number of halogens is 1. The van der Waals surface area contributed by atoms with Gasteiger partial charge in [0, 0.05) is 28.7 Å². The number of benzene rings is 2. The maximum atomic E-state index is 13.9. The van der Waals surface area contributed by atoms with Crippen LogP contribution in [0.5, 0.6) is 11.5 Å². The molecular formula is C31H24BrNO7. The number of fused-ring (bicyclic) bond motifs is 3. The fourth-order valence-corrected chi connectivity index (χ4v) is 7.02. The molecule has 2 aromatic carbocycles. The lowest BCUT2D eigenvalue weighted by Gasteiger charge is -2.42. The maximum absolute atomic E-state index is 13.9. The van der Waals surface area contributed by atoms with Gasteiger partial charge in [-0.05, 0) is 83.6 Å². The van der Waals surface area contributed by atoms with E-state index in [-0.39, 0.29) is 51.6 Å². The lowest BCUT2D eigenvalue weighted by atomic mass is 9.59. The van der Waals surface area contributed by atoms with Crippen molar-refractivity contribution < 1.29 is 33.8 Å². The van der Waals surface area contributed by atoms with E-state index in [1.165, 1.54) is 31.1 Å². The third-order valence-corrected chi connectivity index (χ3v) is 8.99. The van der Waals surface area contributed by atoms with Gasteiger partial charge in [0.1, 0.15) is 0 Å². The minimum absolute atomic E-state index is 0.114. The Kier molecular flexibility index (Phi) is 6.22. The molecule has 1 N–H and O–H groups in total. The van der Waals surface area contributed by atoms with Crippen molar-refractivity contribution in [2.45, 2.75) is 25.7 Å². The molecule has 9 heteroatoms. The van der Waals surface area contributed by atoms with Crippen molar-refractivity contribution in [1.82, 2.24) is 0 Å². The summed E-state index contributed by atoms with van der Waals surface area (Å²) in [6.07, 6.45) is 3.62. The molecule has 0 spiro atoms. The normalized spacial score (nSPS) is 25.7. The van der Waals surface area contributed by atoms with Crippen molar-refractivity contribution in [2.24, 2.45) is 17.8 Å². The number of carbonyl (C=O) groups is 5. The molecular weight excluding hydrogens is 578 g/mol. The fourth-order valence-electron chi connectivity index (χ4n) is 6.57. The maximum Gasteiger partial charge on any atom is 0.238 e. The summed E-state index contributed by atoms with van der Waals surface area (Å²) in [5.41, 5.74) is 2.87. The highest BCUT2D eigenvalue weighted by Gasteiger charge is 2.56. The van der Waals surface area contributed by atoms with Crippen LogP contribution in [0, 0.1) is 17.8 Å². The zero-order chi connectivity index (χ0) is 28.5. The van der Waals surface area contributed by atoms with Crippen LogP contribution < -0.4 is 9.64 Å². The molecule has 0 radical (unpaired) electrons. The van der Waals surface area contributed by atoms with Gasteiger partial charge in [0.2, 0.25) is 11.8 Å². The molecule has 40 heavy (non-hydrogen) atoms. The summed E-state index contributed by atoms with van der Waals surface area (Å²) in [5.74, 6) is -3.83. The Morgan fingerprint density at radius 1 is 1.02 bits per heavy atom. The number of aromatic hydroxyl groups is 1. The molecule has 202 valence electrons. The summed E-state index contributed by atoms with van der Waals surface area (Å²) in [4.78, 5) is 67.1. The molecule has 1 heterocycles. The number of amides is 2. The molecule has 1 fully saturated rings. The van der Waals surface area contributed by atoms with E-state index >= 15 is 0 Å². The highest BCUT2D eigenvalue weighted by Crippen LogP contribution is 2.56. The molecule has 0 aromatic heterocycles. The van der Waals surface area contributed by atoms with Gasteiger partial charge in [0.25, 0.3) is 0 Å². The Morgan fingerprint density at radius 3 is 2.40 bits per heavy atom. The molecule has 4 atom stereocenters. The van der Waals surface area contributed by atoms with Gasteiger partial charge in [-0.3, -0.25) is 28.9 Å². The summed E-state index contributed by atoms with van der Waals surface area (Å²) < 4.78 is 5.34. The summed E-state index contributed by atoms with van der Waals surface area (Å²) in [7, 11) is 1.43. The lowest BCUT2D eigenvalue weighted by Crippen LogP contribution is -2.39. The van der Waals surface area contributed by atoms with Crippen molar-refractivity contribution in [3.63, 3.8) is 0 Å². The number of imide groups is 1. The monoisotopic (exact) mass is 601 g/mol. The van der Waals surface area contributed by atoms with Crippen LogP contribution >= 0.6 is 15.9 Å². The van der Waals surface area contributed by atoms with E-state index in [9.17, 15) is 29.1 Å². The van der Waals surface area contributed by atoms with E-state index in [1.807, 2.05) is 6.08 Å². The predicted octanol–water partition coefficient (Wildman–Crippen LogP) is 4.57. The quantitative estimate of drug-likeness (QED) is 0.236. The smallest absolute Gasteiger partial charge is 0.238 e. The highest BCUT2D eigenvalue weighted by molar-refractivity contribution is 9.12. The number of nitrogens with zero attached hydrogens (tertiary/aromatic N) is 1. The van der Waals surface area contributed by atoms with Gasteiger partial charge < -0.3 is 9.84 Å². The second-order valence-electron chi connectivity index (χ2n) is 10.4. The number of ether oxygens (including phenoxy) is 1. The molecule has 8 nitrogen and oxygen atoms in total. The zero-order valence-corrected chi connectivity index (χ0v) is 23.2. The molecule has 2 amide bonds. The number of hydrogen-bond acceptors (Lipinski definition) is 7. The van der Waals surface area contributed by atoms with Crippen LogP contribution in [0.2, 0.25) is 0 Å². The van der Waals surface area contributed by atoms with Gasteiger partial charge in [-0.15, -0.1) is 0 Å². The number of anilines is 1. The second-order valence-corrected chi connectivity index (χ2v) is 11.3. The van der Waals surface area contributed by atoms with E-state index < -0.39 is 23.7 Å². The number of ketones is 3. The molecule has 4 unspecified atom stereocenters. The Hall–Kier alpha value is -4.11. The van der Waals surface area contributed by atoms with E-state index in [1.54, 1.807) is 36.4 Å². The topological polar surface area (TPSA) is 118 Å². The molecule has 1 aliphatic heterocycles. The molecule has 6 rings (SSSR count). The SMILES string of the molecule is COc1ccc(C2C3=CCC4C(=O)N(c5ccc(C(C)=O)cc5)C(=O)C4C3CC3=C2C(=O)C=C(Br)C3=O)cc1O. The highest BCUT2D eigenvalue weighted by atomic mass is 79.9. The molecule has 1 saturated heterocycles. The number of methoxy groups -OCH3 is 1. The molecule has 2 aromatic rings. The number of carbonyl (C=O) groups excluding carboxylic acids is 5. The van der Waals surface area contributed by atoms with E-state index in [0.29, 0.717) is 34.4 Å². The van der Waals surface area contributed by atoms with Gasteiger partial charge in [-0.25, -0.2) is 0 Å². The van der Waals surface area contributed by atoms with Gasteiger partial charge in [-0.1, -0.05) is 17.7 Å². The Bertz CT molecular complexity index is 1630. The fraction of sp³-hybridized carbons (Fsp3) is 0.258. The Labute approximate surface area is 238 Å². The van der Waals surface area contributed by atoms with Crippen molar-refractivity contribution in [2.75, 3.05) is 12.0 Å². The van der Waals surface area contributed by atoms with Crippen molar-refractivity contribution >= 4 is 50.8 Å². The molecule has 0 saturated carbocycles. The average Bonchev–Trinajstić information content (AvgIpc) is 3.20. The Balaban J connectivity index is 1.45. The summed E-state index contributed by atoms with van der Waals surface area (Å²) in [6, 6.07) is 11.2. The van der Waals surface area contributed by atoms with Crippen LogP contribution in [0.1, 0.15) is 41.6 Å². The van der Waals surface area contributed by atoms with Crippen LogP contribution in [-0.4, -0.2) is 41.4 Å². The first-order valence-corrected chi connectivity index (χ1v) is 13.7. The number of rotatable bonds is 4. The molecule has 4 aliphatic rings. The van der Waals surface area contributed by atoms with Crippen LogP contribution in [0.25, 0.3) is 0 Å². The summed E-state index contributed by atoms with van der Waals surface area (Å²) >= 11 is 3.22. The van der Waals surface area contributed by atoms with Crippen molar-refractivity contribution in [3.05, 3.63) is 86.9 Å². The first-order valence-electron chi connectivity index (χ1n) is 12.9. The van der Waals surface area contributed by atoms with Crippen LogP contribution in [-0.2, 0) is 19.2 Å². The van der Waals surface area contributed by atoms with Crippen molar-refractivity contribution in [3.8, 4) is 11.5 Å². The van der Waals surface area contributed by atoms with Crippen molar-refractivity contribution in [1.29, 1.82) is 0 Å². The summed E-state index contributed by atoms with van der Waals surface area (Å²) in [5, 5.41) is 10.6. The van der Waals surface area contributed by atoms with Gasteiger partial charge >= 0.3 is 0 Å². The third kappa shape index (κ3) is 3.83. The van der Waals surface area contributed by atoms with Gasteiger partial charge in [0.05, 0.1) is 29.1 Å². The number of allylic oxidation sites excluding steroid dienone is 6. The predicted molar refractivity (Wildman–Crippen MR) is 148 cm³/mol. The first-order chi connectivity index (χ1) is 19.1. The average molecular weight is 602 g/mol. The molecule has 0 bridgehead atoms. The minimum atomic E-state index is -0.726. The standard InChI is InChI=1S/C31H24BrNO7/c1-14(34)15-3-6-17(7-4-15)33-30(38)19-9-8-18-20(27(19)31(33)39)12-21-28(24(36)13-22(32)29(21)37)26(18)16-5-10-25(40-2)23(35)11-16/h3-8,10-11,13,19-20,26-27,35H,9,12H2,1-2H3. The van der Waals surface area contributed by atoms with E-state index in [2.05, 4.69) is 15.9 Å². The lowest BCUT2D eigenvalue weighted by molar-refractivity contribution is -0.123. The van der Waals surface area contributed by atoms with Crippen LogP contribution in [0.3, 0.4) is 0 Å². The van der Waals surface area contributed by atoms with Gasteiger partial charge in [-0.2, -0.15) is 0 Å². The minimum Gasteiger partial charge on any atom is -0.504 e. The second kappa shape index (κ2) is 9.52. The molecule has 3 aliphatic carbocycles. The van der Waals surface area contributed by atoms with Crippen LogP contribution in [0.15, 0.2) is 75.8 Å². The number of hydrogen-bond donors (Lipinski definition) is 1. The van der Waals surface area contributed by atoms with E-state index in [4.69, 9.17) is 4.74 Å². The van der Waals surface area contributed by atoms with Crippen LogP contribution in [0.4, 0.5) is 5.69 Å². The third-order valence-electron chi connectivity index (χ3n) is 8.40. The largest absolute Gasteiger partial charge is 0.504 e. The summed E-state index contributed by atoms with van der Waals surface area (Å²) in [6.45, 7) is 1.44. The number of Topliss-reactive ketones (excluding diaryl/α,β-unsaturated/α-hetero) is 2. The first kappa shape index (κ1) is 26.1. The Morgan fingerprint density at radius 2 is 1.75 bits per heavy atom. The van der Waals surface area contributed by atoms with E-state index in [0.717, 1.165) is 5.57 Å².